The second-order valence-electron chi connectivity index (χ2n) is 9.81. The molecule has 4 heteroatoms. The number of piperazine rings is 1. The molecule has 0 radical (unpaired) electrons. The zero-order valence-electron chi connectivity index (χ0n) is 18.6. The van der Waals surface area contributed by atoms with Gasteiger partial charge in [-0.15, -0.1) is 0 Å². The van der Waals surface area contributed by atoms with Crippen molar-refractivity contribution in [2.45, 2.75) is 65.3 Å². The Morgan fingerprint density at radius 3 is 2.45 bits per heavy atom. The number of anilines is 1. The van der Waals surface area contributed by atoms with Crippen molar-refractivity contribution in [3.05, 3.63) is 29.3 Å². The van der Waals surface area contributed by atoms with Gasteiger partial charge in [0.15, 0.2) is 0 Å². The summed E-state index contributed by atoms with van der Waals surface area (Å²) in [6.45, 7) is 12.2. The molecule has 1 saturated heterocycles. The van der Waals surface area contributed by atoms with Crippen LogP contribution in [-0.2, 0) is 4.79 Å². The molecule has 1 amide bonds. The van der Waals surface area contributed by atoms with Crippen LogP contribution >= 0.6 is 0 Å². The summed E-state index contributed by atoms with van der Waals surface area (Å²) >= 11 is 0. The fourth-order valence-electron chi connectivity index (χ4n) is 5.46. The lowest BCUT2D eigenvalue weighted by molar-refractivity contribution is -0.123. The predicted molar refractivity (Wildman–Crippen MR) is 120 cm³/mol. The predicted octanol–water partition coefficient (Wildman–Crippen LogP) is 4.15. The molecule has 1 aromatic rings. The molecule has 2 aliphatic carbocycles. The van der Waals surface area contributed by atoms with Gasteiger partial charge in [0.05, 0.1) is 0 Å². The van der Waals surface area contributed by atoms with E-state index >= 15 is 0 Å². The maximum atomic E-state index is 12.6. The maximum Gasteiger partial charge on any atom is 0.223 e. The number of rotatable bonds is 6. The van der Waals surface area contributed by atoms with Gasteiger partial charge in [0.2, 0.25) is 5.91 Å². The number of nitrogens with zero attached hydrogens (tertiary/aromatic N) is 2. The van der Waals surface area contributed by atoms with Gasteiger partial charge in [0.25, 0.3) is 0 Å². The minimum Gasteiger partial charge on any atom is -0.369 e. The molecule has 1 aliphatic heterocycles. The third-order valence-electron chi connectivity index (χ3n) is 7.59. The Balaban J connectivity index is 1.18. The Morgan fingerprint density at radius 2 is 1.79 bits per heavy atom. The van der Waals surface area contributed by atoms with Gasteiger partial charge in [0.1, 0.15) is 0 Å². The Labute approximate surface area is 177 Å². The van der Waals surface area contributed by atoms with Crippen LogP contribution in [0.3, 0.4) is 0 Å². The quantitative estimate of drug-likeness (QED) is 0.783. The van der Waals surface area contributed by atoms with Gasteiger partial charge in [-0.2, -0.15) is 0 Å². The lowest BCUT2D eigenvalue weighted by Gasteiger charge is -2.37. The number of carbonyl (C=O) groups is 1. The van der Waals surface area contributed by atoms with Gasteiger partial charge in [-0.05, 0) is 69.4 Å². The van der Waals surface area contributed by atoms with Crippen LogP contribution in [0.15, 0.2) is 18.2 Å². The average Bonchev–Trinajstić information content (AvgIpc) is 3.49. The normalized spacial score (nSPS) is 30.2. The molecule has 3 aliphatic rings. The summed E-state index contributed by atoms with van der Waals surface area (Å²) in [7, 11) is 0. The molecule has 0 aromatic heterocycles. The first-order valence-corrected chi connectivity index (χ1v) is 11.9. The SMILES string of the molecule is CCC1CCC(NC(=O)[C@H]2C[C@@H]2CN2CCN(c3ccc(C)cc3C)CC2)CC1. The third kappa shape index (κ3) is 5.14. The van der Waals surface area contributed by atoms with E-state index in [2.05, 4.69) is 54.1 Å². The van der Waals surface area contributed by atoms with Crippen molar-refractivity contribution in [2.24, 2.45) is 17.8 Å². The van der Waals surface area contributed by atoms with Gasteiger partial charge in [-0.1, -0.05) is 31.0 Å². The molecule has 4 nitrogen and oxygen atoms in total. The van der Waals surface area contributed by atoms with E-state index in [-0.39, 0.29) is 5.92 Å². The number of nitrogens with one attached hydrogen (secondary N) is 1. The Kier molecular flexibility index (Phi) is 6.48. The number of hydrogen-bond acceptors (Lipinski definition) is 3. The van der Waals surface area contributed by atoms with E-state index in [0.717, 1.165) is 45.1 Å². The van der Waals surface area contributed by atoms with Crippen molar-refractivity contribution >= 4 is 11.6 Å². The van der Waals surface area contributed by atoms with Crippen molar-refractivity contribution in [2.75, 3.05) is 37.6 Å². The van der Waals surface area contributed by atoms with Gasteiger partial charge in [-0.3, -0.25) is 9.69 Å². The fourth-order valence-corrected chi connectivity index (χ4v) is 5.46. The van der Waals surface area contributed by atoms with Crippen molar-refractivity contribution in [1.82, 2.24) is 10.2 Å². The van der Waals surface area contributed by atoms with Crippen molar-refractivity contribution in [1.29, 1.82) is 0 Å². The first kappa shape index (κ1) is 20.7. The van der Waals surface area contributed by atoms with Gasteiger partial charge in [-0.25, -0.2) is 0 Å². The van der Waals surface area contributed by atoms with E-state index in [4.69, 9.17) is 0 Å². The molecule has 160 valence electrons. The molecular weight excluding hydrogens is 358 g/mol. The highest BCUT2D eigenvalue weighted by Crippen LogP contribution is 2.40. The zero-order chi connectivity index (χ0) is 20.4. The molecule has 1 N–H and O–H groups in total. The lowest BCUT2D eigenvalue weighted by atomic mass is 9.84. The largest absolute Gasteiger partial charge is 0.369 e. The van der Waals surface area contributed by atoms with Gasteiger partial charge < -0.3 is 10.2 Å². The minimum absolute atomic E-state index is 0.274. The summed E-state index contributed by atoms with van der Waals surface area (Å²) in [5.41, 5.74) is 4.10. The summed E-state index contributed by atoms with van der Waals surface area (Å²) in [5.74, 6) is 2.08. The van der Waals surface area contributed by atoms with Crippen molar-refractivity contribution in [3.63, 3.8) is 0 Å². The molecule has 1 aromatic carbocycles. The fraction of sp³-hybridized carbons (Fsp3) is 0.720. The van der Waals surface area contributed by atoms with E-state index in [9.17, 15) is 4.79 Å². The second-order valence-corrected chi connectivity index (χ2v) is 9.81. The molecule has 4 rings (SSSR count). The number of benzene rings is 1. The summed E-state index contributed by atoms with van der Waals surface area (Å²) < 4.78 is 0. The Bertz CT molecular complexity index is 702. The molecule has 2 atom stereocenters. The van der Waals surface area contributed by atoms with Crippen LogP contribution in [0.1, 0.15) is 56.6 Å². The van der Waals surface area contributed by atoms with E-state index in [1.165, 1.54) is 48.9 Å². The van der Waals surface area contributed by atoms with E-state index < -0.39 is 0 Å². The van der Waals surface area contributed by atoms with Crippen LogP contribution in [0, 0.1) is 31.6 Å². The van der Waals surface area contributed by atoms with E-state index in [0.29, 0.717) is 17.9 Å². The van der Waals surface area contributed by atoms with Crippen LogP contribution < -0.4 is 10.2 Å². The average molecular weight is 398 g/mol. The highest BCUT2D eigenvalue weighted by Gasteiger charge is 2.44. The number of amides is 1. The first-order valence-electron chi connectivity index (χ1n) is 11.9. The molecule has 2 saturated carbocycles. The van der Waals surface area contributed by atoms with Crippen LogP contribution in [0.4, 0.5) is 5.69 Å². The lowest BCUT2D eigenvalue weighted by Crippen LogP contribution is -2.47. The Morgan fingerprint density at radius 1 is 1.07 bits per heavy atom. The summed E-state index contributed by atoms with van der Waals surface area (Å²) in [4.78, 5) is 17.7. The highest BCUT2D eigenvalue weighted by atomic mass is 16.2. The smallest absolute Gasteiger partial charge is 0.223 e. The summed E-state index contributed by atoms with van der Waals surface area (Å²) in [5, 5.41) is 3.37. The molecular formula is C25H39N3O. The Hall–Kier alpha value is -1.55. The topological polar surface area (TPSA) is 35.6 Å². The number of hydrogen-bond donors (Lipinski definition) is 1. The van der Waals surface area contributed by atoms with E-state index in [1.54, 1.807) is 0 Å². The van der Waals surface area contributed by atoms with Gasteiger partial charge >= 0.3 is 0 Å². The van der Waals surface area contributed by atoms with Crippen LogP contribution in [0.5, 0.6) is 0 Å². The molecule has 29 heavy (non-hydrogen) atoms. The molecule has 0 bridgehead atoms. The molecule has 1 heterocycles. The van der Waals surface area contributed by atoms with Crippen LogP contribution in [0.25, 0.3) is 0 Å². The van der Waals surface area contributed by atoms with Crippen LogP contribution in [0.2, 0.25) is 0 Å². The minimum atomic E-state index is 0.274. The standard InChI is InChI=1S/C25H39N3O/c1-4-20-6-8-22(9-7-20)26-25(29)23-16-21(23)17-27-11-13-28(14-12-27)24-10-5-18(2)15-19(24)3/h5,10,15,20-23H,4,6-9,11-14,16-17H2,1-3H3,(H,26,29)/t20?,21-,22?,23+/m1/s1. The maximum absolute atomic E-state index is 12.6. The van der Waals surface area contributed by atoms with Crippen LogP contribution in [-0.4, -0.2) is 49.6 Å². The molecule has 0 unspecified atom stereocenters. The second kappa shape index (κ2) is 9.07. The first-order chi connectivity index (χ1) is 14.0. The van der Waals surface area contributed by atoms with Gasteiger partial charge in [0, 0.05) is 50.4 Å². The monoisotopic (exact) mass is 397 g/mol. The molecule has 3 fully saturated rings. The zero-order valence-corrected chi connectivity index (χ0v) is 18.6. The summed E-state index contributed by atoms with van der Waals surface area (Å²) in [6, 6.07) is 7.21. The number of carbonyl (C=O) groups excluding carboxylic acids is 1. The third-order valence-corrected chi connectivity index (χ3v) is 7.59. The number of aryl methyl sites for hydroxylation is 2. The molecule has 0 spiro atoms. The van der Waals surface area contributed by atoms with Crippen molar-refractivity contribution < 1.29 is 4.79 Å². The highest BCUT2D eigenvalue weighted by molar-refractivity contribution is 5.81. The van der Waals surface area contributed by atoms with E-state index in [1.807, 2.05) is 0 Å². The summed E-state index contributed by atoms with van der Waals surface area (Å²) in [6.07, 6.45) is 7.33. The van der Waals surface area contributed by atoms with Crippen molar-refractivity contribution in [3.8, 4) is 0 Å².